The van der Waals surface area contributed by atoms with Crippen molar-refractivity contribution in [2.45, 2.75) is 45.1 Å². The fourth-order valence-corrected chi connectivity index (χ4v) is 3.99. The predicted octanol–water partition coefficient (Wildman–Crippen LogP) is -1.67. The summed E-state index contributed by atoms with van der Waals surface area (Å²) < 4.78 is 6.02. The third-order valence-electron chi connectivity index (χ3n) is 4.76. The molecule has 1 unspecified atom stereocenters. The zero-order valence-electron chi connectivity index (χ0n) is 11.8. The van der Waals surface area contributed by atoms with Gasteiger partial charge in [-0.1, -0.05) is 0 Å². The maximum atomic E-state index is 11.9. The number of aliphatic hydroxyl groups excluding tert-OH is 1. The smallest absolute Gasteiger partial charge is 0.361 e. The third kappa shape index (κ3) is 3.70. The van der Waals surface area contributed by atoms with E-state index in [0.717, 1.165) is 36.8 Å². The SMILES string of the molecule is CCOC(=O)C[N+]12CCCC[C@@H]1[C@H](CO)CCC2.[Br-]. The van der Waals surface area contributed by atoms with Gasteiger partial charge in [0.05, 0.1) is 32.3 Å². The van der Waals surface area contributed by atoms with Crippen LogP contribution in [0.1, 0.15) is 39.0 Å². The summed E-state index contributed by atoms with van der Waals surface area (Å²) in [4.78, 5) is 11.9. The van der Waals surface area contributed by atoms with E-state index in [1.807, 2.05) is 6.92 Å². The van der Waals surface area contributed by atoms with Crippen LogP contribution >= 0.6 is 0 Å². The number of ether oxygens (including phenoxy) is 1. The van der Waals surface area contributed by atoms with Crippen molar-refractivity contribution in [3.05, 3.63) is 0 Å². The Morgan fingerprint density at radius 2 is 2.00 bits per heavy atom. The number of hydrogen-bond donors (Lipinski definition) is 1. The molecule has 0 aromatic carbocycles. The van der Waals surface area contributed by atoms with E-state index < -0.39 is 0 Å². The maximum absolute atomic E-state index is 11.9. The van der Waals surface area contributed by atoms with Gasteiger partial charge >= 0.3 is 5.97 Å². The van der Waals surface area contributed by atoms with Gasteiger partial charge in [-0.15, -0.1) is 0 Å². The number of aliphatic hydroxyl groups is 1. The van der Waals surface area contributed by atoms with Gasteiger partial charge in [0.2, 0.25) is 0 Å². The van der Waals surface area contributed by atoms with Crippen LogP contribution in [0.3, 0.4) is 0 Å². The van der Waals surface area contributed by atoms with Crippen molar-refractivity contribution in [1.82, 2.24) is 0 Å². The van der Waals surface area contributed by atoms with Crippen LogP contribution in [0.2, 0.25) is 0 Å². The van der Waals surface area contributed by atoms with Crippen LogP contribution in [-0.2, 0) is 9.53 Å². The quantitative estimate of drug-likeness (QED) is 0.493. The Morgan fingerprint density at radius 1 is 1.26 bits per heavy atom. The van der Waals surface area contributed by atoms with Gasteiger partial charge in [0.25, 0.3) is 0 Å². The Kier molecular flexibility index (Phi) is 6.77. The molecule has 19 heavy (non-hydrogen) atoms. The zero-order chi connectivity index (χ0) is 13.0. The minimum absolute atomic E-state index is 0. The first-order valence-corrected chi connectivity index (χ1v) is 7.34. The number of quaternary nitrogens is 1. The largest absolute Gasteiger partial charge is 1.00 e. The van der Waals surface area contributed by atoms with E-state index >= 15 is 0 Å². The molecule has 0 aliphatic carbocycles. The number of halogens is 1. The first-order valence-electron chi connectivity index (χ1n) is 7.34. The number of piperidine rings is 2. The van der Waals surface area contributed by atoms with Crippen LogP contribution in [0, 0.1) is 5.92 Å². The molecule has 2 heterocycles. The predicted molar refractivity (Wildman–Crippen MR) is 68.9 cm³/mol. The highest BCUT2D eigenvalue weighted by molar-refractivity contribution is 5.70. The molecule has 2 saturated heterocycles. The molecule has 1 N–H and O–H groups in total. The van der Waals surface area contributed by atoms with Crippen LogP contribution in [0.25, 0.3) is 0 Å². The second kappa shape index (κ2) is 7.60. The van der Waals surface area contributed by atoms with Crippen molar-refractivity contribution in [3.8, 4) is 0 Å². The number of esters is 1. The number of hydrogen-bond acceptors (Lipinski definition) is 3. The number of nitrogens with zero attached hydrogens (tertiary/aromatic N) is 1. The van der Waals surface area contributed by atoms with E-state index in [2.05, 4.69) is 0 Å². The van der Waals surface area contributed by atoms with Crippen molar-refractivity contribution in [1.29, 1.82) is 0 Å². The zero-order valence-corrected chi connectivity index (χ0v) is 13.4. The lowest BCUT2D eigenvalue weighted by Gasteiger charge is -2.52. The molecule has 4 nitrogen and oxygen atoms in total. The Morgan fingerprint density at radius 3 is 2.68 bits per heavy atom. The van der Waals surface area contributed by atoms with Crippen molar-refractivity contribution in [3.63, 3.8) is 0 Å². The Bertz CT molecular complexity index is 296. The number of carbonyl (C=O) groups excluding carboxylic acids is 1. The number of fused-ring (bicyclic) bond motifs is 1. The van der Waals surface area contributed by atoms with E-state index in [-0.39, 0.29) is 29.6 Å². The molecule has 3 atom stereocenters. The molecule has 0 radical (unpaired) electrons. The molecule has 0 aromatic rings. The van der Waals surface area contributed by atoms with Crippen molar-refractivity contribution < 1.29 is 36.1 Å². The molecule has 0 aromatic heterocycles. The van der Waals surface area contributed by atoms with Gasteiger partial charge in [-0.2, -0.15) is 0 Å². The normalized spacial score (nSPS) is 34.0. The molecule has 2 aliphatic rings. The lowest BCUT2D eigenvalue weighted by atomic mass is 9.81. The number of rotatable bonds is 4. The molecule has 2 aliphatic heterocycles. The maximum Gasteiger partial charge on any atom is 0.361 e. The highest BCUT2D eigenvalue weighted by Gasteiger charge is 2.47. The first-order chi connectivity index (χ1) is 8.72. The fourth-order valence-electron chi connectivity index (χ4n) is 3.99. The minimum atomic E-state index is -0.0667. The Hall–Kier alpha value is -0.130. The molecule has 112 valence electrons. The molecule has 2 rings (SSSR count). The van der Waals surface area contributed by atoms with E-state index in [1.165, 1.54) is 12.8 Å². The van der Waals surface area contributed by atoms with Gasteiger partial charge < -0.3 is 31.3 Å². The monoisotopic (exact) mass is 335 g/mol. The average molecular weight is 336 g/mol. The van der Waals surface area contributed by atoms with Gasteiger partial charge in [-0.25, -0.2) is 4.79 Å². The first kappa shape index (κ1) is 16.9. The summed E-state index contributed by atoms with van der Waals surface area (Å²) in [6.07, 6.45) is 5.84. The van der Waals surface area contributed by atoms with E-state index in [1.54, 1.807) is 0 Å². The molecule has 0 spiro atoms. The summed E-state index contributed by atoms with van der Waals surface area (Å²) in [6.45, 7) is 5.27. The van der Waals surface area contributed by atoms with Gasteiger partial charge in [-0.3, -0.25) is 0 Å². The van der Waals surface area contributed by atoms with Gasteiger partial charge in [0.1, 0.15) is 0 Å². The van der Waals surface area contributed by atoms with Crippen LogP contribution in [0.5, 0.6) is 0 Å². The lowest BCUT2D eigenvalue weighted by Crippen LogP contribution is -3.00. The summed E-state index contributed by atoms with van der Waals surface area (Å²) in [5, 5.41) is 9.56. The van der Waals surface area contributed by atoms with Crippen LogP contribution in [-0.4, -0.2) is 54.4 Å². The van der Waals surface area contributed by atoms with Gasteiger partial charge in [-0.05, 0) is 32.6 Å². The second-order valence-corrected chi connectivity index (χ2v) is 5.78. The standard InChI is InChI=1S/C14H26NO3.BrH/c1-2-18-14(17)10-15-8-4-3-7-13(15)12(11-16)6-5-9-15;/h12-13,16H,2-11H2,1H3;1H/q+1;/p-1/t12-,13+,15?;/m0./s1. The van der Waals surface area contributed by atoms with Gasteiger partial charge in [0.15, 0.2) is 6.54 Å². The summed E-state index contributed by atoms with van der Waals surface area (Å²) in [5.41, 5.74) is 0. The summed E-state index contributed by atoms with van der Waals surface area (Å²) in [5.74, 6) is 0.316. The molecule has 0 saturated carbocycles. The van der Waals surface area contributed by atoms with Crippen molar-refractivity contribution in [2.24, 2.45) is 5.92 Å². The Balaban J connectivity index is 0.00000180. The summed E-state index contributed by atoms with van der Waals surface area (Å²) in [6, 6.07) is 0.474. The van der Waals surface area contributed by atoms with Crippen LogP contribution < -0.4 is 17.0 Å². The third-order valence-corrected chi connectivity index (χ3v) is 4.76. The molecule has 0 bridgehead atoms. The highest BCUT2D eigenvalue weighted by atomic mass is 79.9. The second-order valence-electron chi connectivity index (χ2n) is 5.78. The number of carbonyl (C=O) groups is 1. The van der Waals surface area contributed by atoms with Crippen molar-refractivity contribution in [2.75, 3.05) is 32.8 Å². The topological polar surface area (TPSA) is 46.5 Å². The van der Waals surface area contributed by atoms with Crippen LogP contribution in [0.15, 0.2) is 0 Å². The average Bonchev–Trinajstić information content (AvgIpc) is 2.37. The lowest BCUT2D eigenvalue weighted by molar-refractivity contribution is -0.958. The Labute approximate surface area is 126 Å². The molecule has 5 heteroatoms. The van der Waals surface area contributed by atoms with E-state index in [0.29, 0.717) is 25.1 Å². The minimum Gasteiger partial charge on any atom is -1.00 e. The summed E-state index contributed by atoms with van der Waals surface area (Å²) >= 11 is 0. The van der Waals surface area contributed by atoms with E-state index in [4.69, 9.17) is 4.74 Å². The highest BCUT2D eigenvalue weighted by Crippen LogP contribution is 2.37. The molecule has 0 amide bonds. The fraction of sp³-hybridized carbons (Fsp3) is 0.929. The molecular formula is C14H26BrNO3. The van der Waals surface area contributed by atoms with Crippen LogP contribution in [0.4, 0.5) is 0 Å². The van der Waals surface area contributed by atoms with Crippen molar-refractivity contribution >= 4 is 5.97 Å². The van der Waals surface area contributed by atoms with E-state index in [9.17, 15) is 9.90 Å². The van der Waals surface area contributed by atoms with Gasteiger partial charge in [0, 0.05) is 12.3 Å². The molecular weight excluding hydrogens is 310 g/mol. The molecule has 2 fully saturated rings. The summed E-state index contributed by atoms with van der Waals surface area (Å²) in [7, 11) is 0.